The van der Waals surface area contributed by atoms with Gasteiger partial charge >= 0.3 is 5.97 Å². The lowest BCUT2D eigenvalue weighted by atomic mass is 9.72. The van der Waals surface area contributed by atoms with Crippen molar-refractivity contribution < 1.29 is 28.5 Å². The average molecular weight is 554 g/mol. The molecule has 0 unspecified atom stereocenters. The number of benzene rings is 2. The SMILES string of the molecule is CC[C@@H](CC(=O)OC)C[C@@H]1CC[C@H](OCc2ccc3c(c2)N(CCCOC)CCO3)[C@@H](c2ccc(OC)cc2)C1. The number of fused-ring (bicyclic) bond motifs is 1. The number of carbonyl (C=O) groups excluding carboxylic acids is 1. The molecule has 0 radical (unpaired) electrons. The summed E-state index contributed by atoms with van der Waals surface area (Å²) in [4.78, 5) is 14.3. The highest BCUT2D eigenvalue weighted by Gasteiger charge is 2.34. The number of hydrogen-bond donors (Lipinski definition) is 0. The minimum Gasteiger partial charge on any atom is -0.497 e. The lowest BCUT2D eigenvalue weighted by molar-refractivity contribution is -0.141. The van der Waals surface area contributed by atoms with E-state index in [1.54, 1.807) is 14.2 Å². The molecule has 7 heteroatoms. The van der Waals surface area contributed by atoms with Crippen LogP contribution in [0.1, 0.15) is 68.9 Å². The Bertz CT molecular complexity index is 1060. The van der Waals surface area contributed by atoms with Gasteiger partial charge in [-0.1, -0.05) is 31.5 Å². The number of anilines is 1. The van der Waals surface area contributed by atoms with Crippen molar-refractivity contribution in [2.24, 2.45) is 11.8 Å². The van der Waals surface area contributed by atoms with Crippen molar-refractivity contribution in [1.29, 1.82) is 0 Å². The topological polar surface area (TPSA) is 66.5 Å². The van der Waals surface area contributed by atoms with E-state index in [1.165, 1.54) is 18.2 Å². The van der Waals surface area contributed by atoms with Crippen LogP contribution in [-0.2, 0) is 25.6 Å². The second-order valence-corrected chi connectivity index (χ2v) is 11.2. The largest absolute Gasteiger partial charge is 0.497 e. The van der Waals surface area contributed by atoms with Crippen molar-refractivity contribution in [2.45, 2.75) is 70.5 Å². The molecule has 0 amide bonds. The molecule has 4 atom stereocenters. The average Bonchev–Trinajstić information content (AvgIpc) is 3.00. The molecule has 1 aliphatic carbocycles. The molecule has 2 aliphatic rings. The summed E-state index contributed by atoms with van der Waals surface area (Å²) < 4.78 is 28.3. The maximum absolute atomic E-state index is 11.9. The van der Waals surface area contributed by atoms with E-state index in [-0.39, 0.29) is 12.1 Å². The summed E-state index contributed by atoms with van der Waals surface area (Å²) in [5, 5.41) is 0. The molecule has 0 N–H and O–H groups in total. The van der Waals surface area contributed by atoms with Gasteiger partial charge in [0.25, 0.3) is 0 Å². The van der Waals surface area contributed by atoms with E-state index in [9.17, 15) is 4.79 Å². The Hall–Kier alpha value is -2.77. The van der Waals surface area contributed by atoms with Gasteiger partial charge in [0, 0.05) is 32.6 Å². The number of ether oxygens (including phenoxy) is 5. The monoisotopic (exact) mass is 553 g/mol. The van der Waals surface area contributed by atoms with Crippen molar-refractivity contribution in [3.05, 3.63) is 53.6 Å². The first-order valence-corrected chi connectivity index (χ1v) is 14.9. The molecule has 0 saturated heterocycles. The van der Waals surface area contributed by atoms with Crippen molar-refractivity contribution in [2.75, 3.05) is 52.5 Å². The normalized spacial score (nSPS) is 21.3. The highest BCUT2D eigenvalue weighted by atomic mass is 16.5. The van der Waals surface area contributed by atoms with Gasteiger partial charge in [-0.2, -0.15) is 0 Å². The maximum atomic E-state index is 11.9. The molecular formula is C33H47NO6. The smallest absolute Gasteiger partial charge is 0.305 e. The van der Waals surface area contributed by atoms with Gasteiger partial charge < -0.3 is 28.6 Å². The van der Waals surface area contributed by atoms with E-state index in [4.69, 9.17) is 23.7 Å². The fraction of sp³-hybridized carbons (Fsp3) is 0.606. The van der Waals surface area contributed by atoms with E-state index >= 15 is 0 Å². The molecule has 7 nitrogen and oxygen atoms in total. The summed E-state index contributed by atoms with van der Waals surface area (Å²) in [5.74, 6) is 2.92. The lowest BCUT2D eigenvalue weighted by Gasteiger charge is -2.38. The second-order valence-electron chi connectivity index (χ2n) is 11.2. The predicted octanol–water partition coefficient (Wildman–Crippen LogP) is 6.38. The minimum atomic E-state index is -0.108. The number of rotatable bonds is 14. The third-order valence-corrected chi connectivity index (χ3v) is 8.59. The van der Waals surface area contributed by atoms with Crippen LogP contribution in [-0.4, -0.2) is 59.7 Å². The van der Waals surface area contributed by atoms with Gasteiger partial charge in [0.15, 0.2) is 0 Å². The highest BCUT2D eigenvalue weighted by Crippen LogP contribution is 2.42. The van der Waals surface area contributed by atoms with Crippen molar-refractivity contribution in [3.8, 4) is 11.5 Å². The zero-order valence-corrected chi connectivity index (χ0v) is 24.7. The van der Waals surface area contributed by atoms with Crippen LogP contribution in [0.4, 0.5) is 5.69 Å². The van der Waals surface area contributed by atoms with Crippen molar-refractivity contribution >= 4 is 11.7 Å². The molecule has 0 aromatic heterocycles. The molecule has 1 heterocycles. The Labute approximate surface area is 240 Å². The van der Waals surface area contributed by atoms with Gasteiger partial charge in [0.1, 0.15) is 18.1 Å². The van der Waals surface area contributed by atoms with Crippen LogP contribution in [0, 0.1) is 11.8 Å². The van der Waals surface area contributed by atoms with Gasteiger partial charge in [0.2, 0.25) is 0 Å². The lowest BCUT2D eigenvalue weighted by Crippen LogP contribution is -2.34. The Morgan fingerprint density at radius 2 is 1.93 bits per heavy atom. The summed E-state index contributed by atoms with van der Waals surface area (Å²) in [6, 6.07) is 14.9. The zero-order chi connectivity index (χ0) is 28.3. The van der Waals surface area contributed by atoms with Crippen LogP contribution in [0.5, 0.6) is 11.5 Å². The summed E-state index contributed by atoms with van der Waals surface area (Å²) >= 11 is 0. The molecule has 40 heavy (non-hydrogen) atoms. The zero-order valence-electron chi connectivity index (χ0n) is 24.7. The molecule has 1 fully saturated rings. The maximum Gasteiger partial charge on any atom is 0.305 e. The molecule has 220 valence electrons. The number of hydrogen-bond acceptors (Lipinski definition) is 7. The molecule has 1 aliphatic heterocycles. The number of carbonyl (C=O) groups is 1. The van der Waals surface area contributed by atoms with Gasteiger partial charge in [-0.3, -0.25) is 4.79 Å². The predicted molar refractivity (Wildman–Crippen MR) is 157 cm³/mol. The summed E-state index contributed by atoms with van der Waals surface area (Å²) in [5.41, 5.74) is 3.61. The van der Waals surface area contributed by atoms with Crippen LogP contribution < -0.4 is 14.4 Å². The van der Waals surface area contributed by atoms with Crippen LogP contribution in [0.3, 0.4) is 0 Å². The molecule has 4 rings (SSSR count). The summed E-state index contributed by atoms with van der Waals surface area (Å²) in [6.45, 7) is 6.05. The third kappa shape index (κ3) is 8.14. The quantitative estimate of drug-likeness (QED) is 0.199. The van der Waals surface area contributed by atoms with Crippen LogP contribution in [0.2, 0.25) is 0 Å². The summed E-state index contributed by atoms with van der Waals surface area (Å²) in [6.07, 6.45) is 6.84. The van der Waals surface area contributed by atoms with E-state index in [0.29, 0.717) is 37.4 Å². The second kappa shape index (κ2) is 15.3. The fourth-order valence-electron chi connectivity index (χ4n) is 6.27. The molecule has 0 spiro atoms. The first-order chi connectivity index (χ1) is 19.5. The Morgan fingerprint density at radius 1 is 1.10 bits per heavy atom. The first-order valence-electron chi connectivity index (χ1n) is 14.9. The fourth-order valence-corrected chi connectivity index (χ4v) is 6.27. The van der Waals surface area contributed by atoms with Gasteiger partial charge in [-0.05, 0) is 79.3 Å². The number of esters is 1. The van der Waals surface area contributed by atoms with Crippen molar-refractivity contribution in [1.82, 2.24) is 0 Å². The standard InChI is InChI=1S/C33H47NO6/c1-5-24(22-33(35)38-4)19-25-7-13-31(29(20-25)27-9-11-28(37-3)12-10-27)40-23-26-8-14-32-30(21-26)34(16-18-39-32)15-6-17-36-2/h8-12,14,21,24-25,29,31H,5-7,13,15-20,22-23H2,1-4H3/t24-,25+,29-,31+/m1/s1. The Balaban J connectivity index is 1.45. The molecule has 0 bridgehead atoms. The van der Waals surface area contributed by atoms with Crippen LogP contribution in [0.15, 0.2) is 42.5 Å². The molecule has 2 aromatic carbocycles. The Morgan fingerprint density at radius 3 is 2.65 bits per heavy atom. The van der Waals surface area contributed by atoms with E-state index in [1.807, 2.05) is 12.1 Å². The first kappa shape index (κ1) is 30.2. The van der Waals surface area contributed by atoms with Crippen LogP contribution >= 0.6 is 0 Å². The van der Waals surface area contributed by atoms with Gasteiger partial charge in [-0.25, -0.2) is 0 Å². The molecular weight excluding hydrogens is 506 g/mol. The number of nitrogens with zero attached hydrogens (tertiary/aromatic N) is 1. The third-order valence-electron chi connectivity index (χ3n) is 8.59. The van der Waals surface area contributed by atoms with Gasteiger partial charge in [-0.15, -0.1) is 0 Å². The highest BCUT2D eigenvalue weighted by molar-refractivity contribution is 5.69. The van der Waals surface area contributed by atoms with E-state index in [0.717, 1.165) is 75.4 Å². The van der Waals surface area contributed by atoms with E-state index in [2.05, 4.69) is 42.2 Å². The van der Waals surface area contributed by atoms with Gasteiger partial charge in [0.05, 0.1) is 39.2 Å². The van der Waals surface area contributed by atoms with Crippen molar-refractivity contribution in [3.63, 3.8) is 0 Å². The number of methoxy groups -OCH3 is 3. The minimum absolute atomic E-state index is 0.108. The van der Waals surface area contributed by atoms with E-state index < -0.39 is 0 Å². The summed E-state index contributed by atoms with van der Waals surface area (Å²) in [7, 11) is 4.93. The van der Waals surface area contributed by atoms with Crippen LogP contribution in [0.25, 0.3) is 0 Å². The Kier molecular flexibility index (Phi) is 11.5. The molecule has 1 saturated carbocycles. The molecule has 2 aromatic rings.